The van der Waals surface area contributed by atoms with Crippen LogP contribution in [0.25, 0.3) is 11.5 Å². The summed E-state index contributed by atoms with van der Waals surface area (Å²) in [5.74, 6) is 0.549. The first kappa shape index (κ1) is 18.8. The number of rotatable bonds is 7. The van der Waals surface area contributed by atoms with Crippen molar-refractivity contribution in [2.75, 3.05) is 6.54 Å². The zero-order chi connectivity index (χ0) is 19.2. The first-order chi connectivity index (χ1) is 13.0. The van der Waals surface area contributed by atoms with Crippen molar-refractivity contribution in [3.05, 3.63) is 71.4 Å². The van der Waals surface area contributed by atoms with Gasteiger partial charge in [-0.3, -0.25) is 4.79 Å². The summed E-state index contributed by atoms with van der Waals surface area (Å²) in [7, 11) is 0. The molecule has 0 unspecified atom stereocenters. The van der Waals surface area contributed by atoms with Crippen molar-refractivity contribution in [2.45, 2.75) is 33.2 Å². The molecule has 1 aromatic heterocycles. The number of benzene rings is 2. The standard InChI is InChI=1S/C21H22FN3O2/c1-3-25(14-16-5-4-6-18(22)13-16)20(26)12-11-19-23-24-21(27-19)17-9-7-15(2)8-10-17/h4-10,13H,3,11-12,14H2,1-2H3. The Morgan fingerprint density at radius 2 is 1.93 bits per heavy atom. The molecule has 0 saturated heterocycles. The number of aromatic nitrogens is 2. The normalized spacial score (nSPS) is 10.8. The second-order valence-electron chi connectivity index (χ2n) is 6.40. The Bertz CT molecular complexity index is 906. The fourth-order valence-electron chi connectivity index (χ4n) is 2.77. The lowest BCUT2D eigenvalue weighted by Gasteiger charge is -2.20. The third kappa shape index (κ3) is 5.00. The molecular weight excluding hydrogens is 345 g/mol. The Morgan fingerprint density at radius 1 is 1.15 bits per heavy atom. The molecule has 0 aliphatic carbocycles. The van der Waals surface area contributed by atoms with Crippen molar-refractivity contribution < 1.29 is 13.6 Å². The molecule has 1 heterocycles. The van der Waals surface area contributed by atoms with Gasteiger partial charge in [-0.25, -0.2) is 4.39 Å². The van der Waals surface area contributed by atoms with Crippen LogP contribution in [0.15, 0.2) is 52.9 Å². The molecular formula is C21H22FN3O2. The Hall–Kier alpha value is -3.02. The Labute approximate surface area is 157 Å². The first-order valence-corrected chi connectivity index (χ1v) is 8.97. The highest BCUT2D eigenvalue weighted by molar-refractivity contribution is 5.76. The highest BCUT2D eigenvalue weighted by atomic mass is 19.1. The van der Waals surface area contributed by atoms with E-state index in [2.05, 4.69) is 10.2 Å². The quantitative estimate of drug-likeness (QED) is 0.629. The van der Waals surface area contributed by atoms with Crippen LogP contribution in [0.3, 0.4) is 0 Å². The van der Waals surface area contributed by atoms with E-state index in [9.17, 15) is 9.18 Å². The predicted octanol–water partition coefficient (Wildman–Crippen LogP) is 4.17. The van der Waals surface area contributed by atoms with Gasteiger partial charge in [0.05, 0.1) is 0 Å². The zero-order valence-corrected chi connectivity index (χ0v) is 15.5. The summed E-state index contributed by atoms with van der Waals surface area (Å²) in [6.07, 6.45) is 0.635. The number of carbonyl (C=O) groups is 1. The highest BCUT2D eigenvalue weighted by Crippen LogP contribution is 2.19. The summed E-state index contributed by atoms with van der Waals surface area (Å²) in [6, 6.07) is 14.1. The SMILES string of the molecule is CCN(Cc1cccc(F)c1)C(=O)CCc1nnc(-c2ccc(C)cc2)o1. The van der Waals surface area contributed by atoms with Gasteiger partial charge in [-0.2, -0.15) is 0 Å². The van der Waals surface area contributed by atoms with Crippen molar-refractivity contribution >= 4 is 5.91 Å². The van der Waals surface area contributed by atoms with Gasteiger partial charge in [-0.05, 0) is 43.7 Å². The molecule has 2 aromatic carbocycles. The molecule has 0 fully saturated rings. The monoisotopic (exact) mass is 367 g/mol. The summed E-state index contributed by atoms with van der Waals surface area (Å²) in [5, 5.41) is 8.08. The molecule has 0 atom stereocenters. The molecule has 0 saturated carbocycles. The molecule has 0 aliphatic rings. The van der Waals surface area contributed by atoms with Gasteiger partial charge in [-0.15, -0.1) is 10.2 Å². The molecule has 140 valence electrons. The van der Waals surface area contributed by atoms with Gasteiger partial charge in [0.25, 0.3) is 0 Å². The maximum atomic E-state index is 13.3. The van der Waals surface area contributed by atoms with E-state index in [0.29, 0.717) is 31.3 Å². The third-order valence-electron chi connectivity index (χ3n) is 4.31. The average Bonchev–Trinajstić information content (AvgIpc) is 3.14. The summed E-state index contributed by atoms with van der Waals surface area (Å²) >= 11 is 0. The Morgan fingerprint density at radius 3 is 2.63 bits per heavy atom. The van der Waals surface area contributed by atoms with Gasteiger partial charge in [0.2, 0.25) is 17.7 Å². The van der Waals surface area contributed by atoms with E-state index in [1.54, 1.807) is 11.0 Å². The van der Waals surface area contributed by atoms with E-state index in [1.165, 1.54) is 12.1 Å². The van der Waals surface area contributed by atoms with E-state index in [4.69, 9.17) is 4.42 Å². The summed E-state index contributed by atoms with van der Waals surface area (Å²) in [5.41, 5.74) is 2.78. The summed E-state index contributed by atoms with van der Waals surface area (Å²) < 4.78 is 19.0. The van der Waals surface area contributed by atoms with Crippen molar-refractivity contribution in [1.29, 1.82) is 0 Å². The van der Waals surface area contributed by atoms with Crippen LogP contribution in [0.4, 0.5) is 4.39 Å². The third-order valence-corrected chi connectivity index (χ3v) is 4.31. The number of nitrogens with zero attached hydrogens (tertiary/aromatic N) is 3. The molecule has 3 rings (SSSR count). The molecule has 0 bridgehead atoms. The van der Waals surface area contributed by atoms with E-state index in [0.717, 1.165) is 16.7 Å². The number of aryl methyl sites for hydroxylation is 2. The number of halogens is 1. The van der Waals surface area contributed by atoms with Crippen LogP contribution >= 0.6 is 0 Å². The van der Waals surface area contributed by atoms with Crippen LogP contribution in [-0.4, -0.2) is 27.5 Å². The number of amides is 1. The Balaban J connectivity index is 1.58. The van der Waals surface area contributed by atoms with Crippen LogP contribution in [0, 0.1) is 12.7 Å². The first-order valence-electron chi connectivity index (χ1n) is 8.97. The minimum atomic E-state index is -0.300. The summed E-state index contributed by atoms with van der Waals surface area (Å²) in [4.78, 5) is 14.2. The van der Waals surface area contributed by atoms with Crippen LogP contribution in [-0.2, 0) is 17.8 Å². The molecule has 5 nitrogen and oxygen atoms in total. The van der Waals surface area contributed by atoms with Crippen molar-refractivity contribution in [2.24, 2.45) is 0 Å². The van der Waals surface area contributed by atoms with Gasteiger partial charge in [0.1, 0.15) is 5.82 Å². The highest BCUT2D eigenvalue weighted by Gasteiger charge is 2.15. The average molecular weight is 367 g/mol. The minimum absolute atomic E-state index is 0.0307. The Kier molecular flexibility index (Phi) is 5.96. The fourth-order valence-corrected chi connectivity index (χ4v) is 2.77. The van der Waals surface area contributed by atoms with E-state index in [-0.39, 0.29) is 18.1 Å². The number of carbonyl (C=O) groups excluding carboxylic acids is 1. The number of hydrogen-bond acceptors (Lipinski definition) is 4. The van der Waals surface area contributed by atoms with Crippen LogP contribution in [0.1, 0.15) is 30.4 Å². The molecule has 0 spiro atoms. The van der Waals surface area contributed by atoms with Crippen LogP contribution < -0.4 is 0 Å². The lowest BCUT2D eigenvalue weighted by atomic mass is 10.1. The minimum Gasteiger partial charge on any atom is -0.421 e. The smallest absolute Gasteiger partial charge is 0.247 e. The second kappa shape index (κ2) is 8.58. The summed E-state index contributed by atoms with van der Waals surface area (Å²) in [6.45, 7) is 4.84. The maximum absolute atomic E-state index is 13.3. The van der Waals surface area contributed by atoms with Gasteiger partial charge in [0.15, 0.2) is 0 Å². The van der Waals surface area contributed by atoms with Gasteiger partial charge in [0, 0.05) is 31.5 Å². The fraction of sp³-hybridized carbons (Fsp3) is 0.286. The van der Waals surface area contributed by atoms with E-state index in [1.807, 2.05) is 44.2 Å². The van der Waals surface area contributed by atoms with Gasteiger partial charge in [-0.1, -0.05) is 29.8 Å². The molecule has 0 N–H and O–H groups in total. The molecule has 0 aliphatic heterocycles. The molecule has 6 heteroatoms. The van der Waals surface area contributed by atoms with Crippen LogP contribution in [0.5, 0.6) is 0 Å². The molecule has 27 heavy (non-hydrogen) atoms. The molecule has 3 aromatic rings. The van der Waals surface area contributed by atoms with Gasteiger partial charge >= 0.3 is 0 Å². The van der Waals surface area contributed by atoms with Crippen molar-refractivity contribution in [3.8, 4) is 11.5 Å². The maximum Gasteiger partial charge on any atom is 0.247 e. The lowest BCUT2D eigenvalue weighted by molar-refractivity contribution is -0.131. The van der Waals surface area contributed by atoms with Crippen molar-refractivity contribution in [1.82, 2.24) is 15.1 Å². The molecule has 0 radical (unpaired) electrons. The second-order valence-corrected chi connectivity index (χ2v) is 6.40. The topological polar surface area (TPSA) is 59.2 Å². The van der Waals surface area contributed by atoms with Crippen LogP contribution in [0.2, 0.25) is 0 Å². The zero-order valence-electron chi connectivity index (χ0n) is 15.5. The van der Waals surface area contributed by atoms with E-state index < -0.39 is 0 Å². The molecule has 1 amide bonds. The van der Waals surface area contributed by atoms with Gasteiger partial charge < -0.3 is 9.32 Å². The lowest BCUT2D eigenvalue weighted by Crippen LogP contribution is -2.30. The van der Waals surface area contributed by atoms with Crippen molar-refractivity contribution in [3.63, 3.8) is 0 Å². The number of hydrogen-bond donors (Lipinski definition) is 0. The predicted molar refractivity (Wildman–Crippen MR) is 100 cm³/mol. The van der Waals surface area contributed by atoms with E-state index >= 15 is 0 Å². The largest absolute Gasteiger partial charge is 0.421 e.